The molecule has 140 valence electrons. The van der Waals surface area contributed by atoms with Gasteiger partial charge in [0.05, 0.1) is 18.7 Å². The van der Waals surface area contributed by atoms with Crippen molar-refractivity contribution in [1.82, 2.24) is 15.1 Å². The van der Waals surface area contributed by atoms with Crippen LogP contribution in [0.2, 0.25) is 0 Å². The molecule has 0 atom stereocenters. The van der Waals surface area contributed by atoms with Gasteiger partial charge in [-0.2, -0.15) is 5.10 Å². The minimum atomic E-state index is -0.309. The van der Waals surface area contributed by atoms with E-state index >= 15 is 0 Å². The fraction of sp³-hybridized carbons (Fsp3) is 0.300. The number of carbonyl (C=O) groups excluding carboxylic acids is 1. The molecule has 2 amide bonds. The van der Waals surface area contributed by atoms with E-state index in [0.29, 0.717) is 31.7 Å². The average Bonchev–Trinajstić information content (AvgIpc) is 3.10. The van der Waals surface area contributed by atoms with E-state index < -0.39 is 0 Å². The topological polar surface area (TPSA) is 90.5 Å². The Balaban J connectivity index is 1.52. The Hall–Kier alpha value is -3.06. The zero-order valence-electron chi connectivity index (χ0n) is 15.1. The molecule has 1 fully saturated rings. The summed E-state index contributed by atoms with van der Waals surface area (Å²) in [7, 11) is 1.65. The van der Waals surface area contributed by atoms with Crippen molar-refractivity contribution in [2.45, 2.75) is 18.9 Å². The van der Waals surface area contributed by atoms with Crippen LogP contribution >= 0.6 is 0 Å². The number of benzene rings is 2. The van der Waals surface area contributed by atoms with Crippen LogP contribution in [0.1, 0.15) is 12.8 Å². The molecule has 3 aromatic rings. The summed E-state index contributed by atoms with van der Waals surface area (Å²) in [4.78, 5) is 14.1. The second-order valence-electron chi connectivity index (χ2n) is 6.71. The predicted octanol–water partition coefficient (Wildman–Crippen LogP) is 3.23. The van der Waals surface area contributed by atoms with Gasteiger partial charge in [0.25, 0.3) is 0 Å². The summed E-state index contributed by atoms with van der Waals surface area (Å²) in [6, 6.07) is 13.6. The summed E-state index contributed by atoms with van der Waals surface area (Å²) in [5, 5.41) is 20.5. The summed E-state index contributed by atoms with van der Waals surface area (Å²) in [5.41, 5.74) is 2.98. The number of aromatic amines is 1. The third kappa shape index (κ3) is 3.59. The maximum atomic E-state index is 12.4. The number of nitrogens with zero attached hydrogens (tertiary/aromatic N) is 2. The van der Waals surface area contributed by atoms with Gasteiger partial charge in [0.15, 0.2) is 5.82 Å². The maximum Gasteiger partial charge on any atom is 0.323 e. The number of methoxy groups -OCH3 is 1. The third-order valence-corrected chi connectivity index (χ3v) is 4.96. The number of urea groups is 1. The number of H-pyrrole nitrogens is 1. The Morgan fingerprint density at radius 1 is 1.19 bits per heavy atom. The molecule has 27 heavy (non-hydrogen) atoms. The number of nitrogens with one attached hydrogen (secondary N) is 2. The van der Waals surface area contributed by atoms with Crippen LogP contribution in [-0.2, 0) is 0 Å². The number of piperidine rings is 1. The van der Waals surface area contributed by atoms with Crippen molar-refractivity contribution in [3.63, 3.8) is 0 Å². The van der Waals surface area contributed by atoms with Gasteiger partial charge in [0, 0.05) is 18.5 Å². The van der Waals surface area contributed by atoms with Crippen molar-refractivity contribution in [3.8, 4) is 16.9 Å². The van der Waals surface area contributed by atoms with E-state index in [0.717, 1.165) is 27.8 Å². The normalized spacial score (nSPS) is 15.1. The average molecular weight is 366 g/mol. The lowest BCUT2D eigenvalue weighted by molar-refractivity contribution is 0.0972. The lowest BCUT2D eigenvalue weighted by Gasteiger charge is -2.29. The van der Waals surface area contributed by atoms with Crippen LogP contribution in [0, 0.1) is 0 Å². The SMILES string of the molecule is COc1ccc(-c2ccc3c(NC(=O)N4CCC(O)CC4)n[nH]c3c2)cc1. The highest BCUT2D eigenvalue weighted by atomic mass is 16.5. The summed E-state index contributed by atoms with van der Waals surface area (Å²) in [6.45, 7) is 1.11. The highest BCUT2D eigenvalue weighted by Gasteiger charge is 2.22. The van der Waals surface area contributed by atoms with Gasteiger partial charge in [-0.1, -0.05) is 18.2 Å². The Bertz CT molecular complexity index is 944. The fourth-order valence-electron chi connectivity index (χ4n) is 3.33. The van der Waals surface area contributed by atoms with Crippen molar-refractivity contribution in [3.05, 3.63) is 42.5 Å². The van der Waals surface area contributed by atoms with Gasteiger partial charge in [0.2, 0.25) is 0 Å². The predicted molar refractivity (Wildman–Crippen MR) is 104 cm³/mol. The summed E-state index contributed by atoms with van der Waals surface area (Å²) < 4.78 is 5.20. The van der Waals surface area contributed by atoms with Gasteiger partial charge in [-0.15, -0.1) is 0 Å². The molecule has 0 spiro atoms. The number of fused-ring (bicyclic) bond motifs is 1. The Labute approximate surface area is 156 Å². The van der Waals surface area contributed by atoms with Crippen LogP contribution in [0.25, 0.3) is 22.0 Å². The third-order valence-electron chi connectivity index (χ3n) is 4.96. The quantitative estimate of drug-likeness (QED) is 0.664. The number of aromatic nitrogens is 2. The molecule has 2 aromatic carbocycles. The van der Waals surface area contributed by atoms with E-state index in [1.807, 2.05) is 42.5 Å². The first kappa shape index (κ1) is 17.4. The Morgan fingerprint density at radius 3 is 2.59 bits per heavy atom. The summed E-state index contributed by atoms with van der Waals surface area (Å²) >= 11 is 0. The second-order valence-corrected chi connectivity index (χ2v) is 6.71. The summed E-state index contributed by atoms with van der Waals surface area (Å²) in [5.74, 6) is 1.33. The number of amides is 2. The van der Waals surface area contributed by atoms with Gasteiger partial charge in [-0.25, -0.2) is 4.79 Å². The van der Waals surface area contributed by atoms with Crippen LogP contribution in [0.3, 0.4) is 0 Å². The van der Waals surface area contributed by atoms with E-state index in [1.165, 1.54) is 0 Å². The van der Waals surface area contributed by atoms with Crippen LogP contribution in [0.4, 0.5) is 10.6 Å². The number of anilines is 1. The van der Waals surface area contributed by atoms with Gasteiger partial charge < -0.3 is 14.7 Å². The number of ether oxygens (including phenoxy) is 1. The van der Waals surface area contributed by atoms with Crippen LogP contribution in [0.5, 0.6) is 5.75 Å². The van der Waals surface area contributed by atoms with Crippen molar-refractivity contribution in [1.29, 1.82) is 0 Å². The zero-order chi connectivity index (χ0) is 18.8. The molecular formula is C20H22N4O3. The molecule has 0 radical (unpaired) electrons. The van der Waals surface area contributed by atoms with Crippen molar-refractivity contribution >= 4 is 22.8 Å². The van der Waals surface area contributed by atoms with E-state index in [-0.39, 0.29) is 12.1 Å². The first-order valence-corrected chi connectivity index (χ1v) is 9.00. The largest absolute Gasteiger partial charge is 0.497 e. The highest BCUT2D eigenvalue weighted by Crippen LogP contribution is 2.28. The van der Waals surface area contributed by atoms with E-state index in [4.69, 9.17) is 4.74 Å². The maximum absolute atomic E-state index is 12.4. The lowest BCUT2D eigenvalue weighted by Crippen LogP contribution is -2.42. The number of likely N-dealkylation sites (tertiary alicyclic amines) is 1. The van der Waals surface area contributed by atoms with E-state index in [9.17, 15) is 9.90 Å². The number of rotatable bonds is 3. The van der Waals surface area contributed by atoms with Gasteiger partial charge in [-0.05, 0) is 48.2 Å². The molecule has 7 nitrogen and oxygen atoms in total. The molecule has 0 bridgehead atoms. The minimum Gasteiger partial charge on any atom is -0.497 e. The van der Waals surface area contributed by atoms with Crippen LogP contribution in [-0.4, -0.2) is 52.5 Å². The summed E-state index contributed by atoms with van der Waals surface area (Å²) in [6.07, 6.45) is 0.913. The molecule has 1 aliphatic rings. The van der Waals surface area contributed by atoms with Gasteiger partial charge >= 0.3 is 6.03 Å². The molecule has 7 heteroatoms. The fourth-order valence-corrected chi connectivity index (χ4v) is 3.33. The Morgan fingerprint density at radius 2 is 1.89 bits per heavy atom. The lowest BCUT2D eigenvalue weighted by atomic mass is 10.0. The first-order valence-electron chi connectivity index (χ1n) is 9.00. The van der Waals surface area contributed by atoms with E-state index in [1.54, 1.807) is 12.0 Å². The van der Waals surface area contributed by atoms with E-state index in [2.05, 4.69) is 15.5 Å². The molecule has 0 aliphatic carbocycles. The second kappa shape index (κ2) is 7.28. The Kier molecular flexibility index (Phi) is 4.68. The first-order chi connectivity index (χ1) is 13.1. The van der Waals surface area contributed by atoms with Crippen LogP contribution in [0.15, 0.2) is 42.5 Å². The zero-order valence-corrected chi connectivity index (χ0v) is 15.1. The molecule has 1 aromatic heterocycles. The molecule has 0 unspecified atom stereocenters. The molecule has 3 N–H and O–H groups in total. The number of hydrogen-bond donors (Lipinski definition) is 3. The number of hydrogen-bond acceptors (Lipinski definition) is 4. The minimum absolute atomic E-state index is 0.186. The molecule has 4 rings (SSSR count). The smallest absolute Gasteiger partial charge is 0.323 e. The van der Waals surface area contributed by atoms with Crippen molar-refractivity contribution in [2.24, 2.45) is 0 Å². The molecule has 1 saturated heterocycles. The molecule has 0 saturated carbocycles. The monoisotopic (exact) mass is 366 g/mol. The standard InChI is InChI=1S/C20H22N4O3/c1-27-16-5-2-13(3-6-16)14-4-7-17-18(12-14)22-23-19(17)21-20(26)24-10-8-15(25)9-11-24/h2-7,12,15,25H,8-11H2,1H3,(H2,21,22,23,26). The highest BCUT2D eigenvalue weighted by molar-refractivity contribution is 6.00. The number of carbonyl (C=O) groups is 1. The number of aliphatic hydroxyl groups is 1. The van der Waals surface area contributed by atoms with Gasteiger partial charge in [-0.3, -0.25) is 10.4 Å². The molecule has 1 aliphatic heterocycles. The molecular weight excluding hydrogens is 344 g/mol. The number of aliphatic hydroxyl groups excluding tert-OH is 1. The van der Waals surface area contributed by atoms with Crippen molar-refractivity contribution < 1.29 is 14.6 Å². The van der Waals surface area contributed by atoms with Crippen LogP contribution < -0.4 is 10.1 Å². The van der Waals surface area contributed by atoms with Gasteiger partial charge in [0.1, 0.15) is 5.75 Å². The molecule has 2 heterocycles. The van der Waals surface area contributed by atoms with Crippen molar-refractivity contribution in [2.75, 3.05) is 25.5 Å².